The third kappa shape index (κ3) is 4.05. The van der Waals surface area contributed by atoms with E-state index in [2.05, 4.69) is 56.3 Å². The summed E-state index contributed by atoms with van der Waals surface area (Å²) in [6, 6.07) is 32.3. The van der Waals surface area contributed by atoms with Gasteiger partial charge in [-0.15, -0.1) is 0 Å². The van der Waals surface area contributed by atoms with Crippen molar-refractivity contribution in [1.82, 2.24) is 14.8 Å². The summed E-state index contributed by atoms with van der Waals surface area (Å²) in [7, 11) is 0. The monoisotopic (exact) mass is 504 g/mol. The zero-order valence-corrected chi connectivity index (χ0v) is 20.8. The molecular formula is C30H28N6O2. The van der Waals surface area contributed by atoms with Crippen LogP contribution < -0.4 is 16.0 Å². The number of pyridine rings is 1. The summed E-state index contributed by atoms with van der Waals surface area (Å²) in [5.74, 6) is 1.19. The molecule has 2 aromatic heterocycles. The fourth-order valence-electron chi connectivity index (χ4n) is 5.36. The molecule has 3 heterocycles. The molecule has 0 spiro atoms. The van der Waals surface area contributed by atoms with E-state index in [-0.39, 0.29) is 0 Å². The van der Waals surface area contributed by atoms with Crippen molar-refractivity contribution < 1.29 is 9.53 Å². The highest BCUT2D eigenvalue weighted by Gasteiger charge is 2.41. The zero-order chi connectivity index (χ0) is 26.0. The van der Waals surface area contributed by atoms with Gasteiger partial charge in [0.25, 0.3) is 0 Å². The van der Waals surface area contributed by atoms with Crippen molar-refractivity contribution in [1.29, 1.82) is 0 Å². The van der Waals surface area contributed by atoms with Gasteiger partial charge >= 0.3 is 6.03 Å². The number of primary amides is 1. The highest BCUT2D eigenvalue weighted by atomic mass is 16.5. The summed E-state index contributed by atoms with van der Waals surface area (Å²) in [6.45, 7) is 2.71. The number of amides is 2. The SMILES string of the molecule is NC(=O)Nc1cc2c(cn1)c(N1CCOCC1)nn2C(c1ccccc1)(c1ccccc1)c1ccccc1. The molecule has 0 saturated carbocycles. The Bertz CT molecular complexity index is 1450. The summed E-state index contributed by atoms with van der Waals surface area (Å²) < 4.78 is 7.70. The Kier molecular flexibility index (Phi) is 6.23. The van der Waals surface area contributed by atoms with Crippen LogP contribution in [0.25, 0.3) is 10.9 Å². The molecule has 0 bridgehead atoms. The minimum absolute atomic E-state index is 0.364. The third-order valence-corrected chi connectivity index (χ3v) is 7.00. The molecule has 1 fully saturated rings. The molecular weight excluding hydrogens is 476 g/mol. The molecule has 0 aliphatic carbocycles. The molecule has 1 aliphatic heterocycles. The zero-order valence-electron chi connectivity index (χ0n) is 20.8. The largest absolute Gasteiger partial charge is 0.378 e. The number of ether oxygens (including phenoxy) is 1. The van der Waals surface area contributed by atoms with Crippen LogP contribution in [0.4, 0.5) is 16.4 Å². The molecule has 0 unspecified atom stereocenters. The van der Waals surface area contributed by atoms with Crippen molar-refractivity contribution in [2.45, 2.75) is 5.54 Å². The Balaban J connectivity index is 1.74. The number of fused-ring (bicyclic) bond motifs is 1. The first-order valence-electron chi connectivity index (χ1n) is 12.6. The van der Waals surface area contributed by atoms with Crippen molar-refractivity contribution in [2.24, 2.45) is 5.73 Å². The van der Waals surface area contributed by atoms with Crippen LogP contribution in [0.5, 0.6) is 0 Å². The van der Waals surface area contributed by atoms with Crippen LogP contribution in [0.2, 0.25) is 0 Å². The normalized spacial score (nSPS) is 13.9. The average Bonchev–Trinajstić information content (AvgIpc) is 3.34. The smallest absolute Gasteiger partial charge is 0.317 e. The van der Waals surface area contributed by atoms with Gasteiger partial charge in [-0.3, -0.25) is 5.32 Å². The number of hydrogen-bond acceptors (Lipinski definition) is 5. The van der Waals surface area contributed by atoms with Gasteiger partial charge < -0.3 is 15.4 Å². The lowest BCUT2D eigenvalue weighted by molar-refractivity contribution is 0.122. The first-order chi connectivity index (χ1) is 18.7. The standard InChI is InChI=1S/C30H28N6O2/c31-29(37)33-27-20-26-25(21-32-27)28(35-16-18-38-19-17-35)34-36(26)30(22-10-4-1-5-11-22,23-12-6-2-7-13-23)24-14-8-3-9-15-24/h1-15,20-21H,16-19H2,(H3,31,32,33,37). The molecule has 0 atom stereocenters. The highest BCUT2D eigenvalue weighted by Crippen LogP contribution is 2.44. The van der Waals surface area contributed by atoms with E-state index in [0.29, 0.717) is 19.0 Å². The molecule has 1 aliphatic rings. The number of aromatic nitrogens is 3. The molecule has 2 amide bonds. The van der Waals surface area contributed by atoms with E-state index >= 15 is 0 Å². The van der Waals surface area contributed by atoms with Crippen LogP contribution in [-0.2, 0) is 10.3 Å². The average molecular weight is 505 g/mol. The predicted octanol–water partition coefficient (Wildman–Crippen LogP) is 4.60. The van der Waals surface area contributed by atoms with Gasteiger partial charge in [0.1, 0.15) is 11.4 Å². The van der Waals surface area contributed by atoms with Gasteiger partial charge in [-0.1, -0.05) is 91.0 Å². The molecule has 5 aromatic rings. The van der Waals surface area contributed by atoms with Gasteiger partial charge in [-0.2, -0.15) is 5.10 Å². The topological polar surface area (TPSA) is 98.3 Å². The van der Waals surface area contributed by atoms with Crippen molar-refractivity contribution in [3.05, 3.63) is 120 Å². The Labute approximate surface area is 220 Å². The lowest BCUT2D eigenvalue weighted by atomic mass is 9.77. The number of urea groups is 1. The fourth-order valence-corrected chi connectivity index (χ4v) is 5.36. The molecule has 3 N–H and O–H groups in total. The summed E-state index contributed by atoms with van der Waals surface area (Å²) in [6.07, 6.45) is 1.76. The summed E-state index contributed by atoms with van der Waals surface area (Å²) >= 11 is 0. The number of hydrogen-bond donors (Lipinski definition) is 2. The van der Waals surface area contributed by atoms with Crippen molar-refractivity contribution in [3.8, 4) is 0 Å². The molecule has 190 valence electrons. The van der Waals surface area contributed by atoms with Gasteiger partial charge in [0, 0.05) is 25.4 Å². The second kappa shape index (κ2) is 9.99. The highest BCUT2D eigenvalue weighted by molar-refractivity contribution is 5.95. The van der Waals surface area contributed by atoms with E-state index in [1.807, 2.05) is 60.7 Å². The number of anilines is 2. The van der Waals surface area contributed by atoms with Gasteiger partial charge in [0.2, 0.25) is 0 Å². The molecule has 8 heteroatoms. The maximum atomic E-state index is 11.7. The van der Waals surface area contributed by atoms with E-state index < -0.39 is 11.6 Å². The maximum Gasteiger partial charge on any atom is 0.317 e. The number of carbonyl (C=O) groups is 1. The van der Waals surface area contributed by atoms with E-state index in [0.717, 1.165) is 46.5 Å². The van der Waals surface area contributed by atoms with Gasteiger partial charge in [0.05, 0.1) is 24.1 Å². The molecule has 8 nitrogen and oxygen atoms in total. The molecule has 0 radical (unpaired) electrons. The molecule has 3 aromatic carbocycles. The second-order valence-corrected chi connectivity index (χ2v) is 9.22. The summed E-state index contributed by atoms with van der Waals surface area (Å²) in [5, 5.41) is 8.86. The van der Waals surface area contributed by atoms with Gasteiger partial charge in [-0.05, 0) is 16.7 Å². The lowest BCUT2D eigenvalue weighted by Gasteiger charge is -2.37. The fraction of sp³-hybridized carbons (Fsp3) is 0.167. The summed E-state index contributed by atoms with van der Waals surface area (Å²) in [5.41, 5.74) is 8.61. The van der Waals surface area contributed by atoms with Crippen LogP contribution in [-0.4, -0.2) is 47.1 Å². The van der Waals surface area contributed by atoms with Crippen LogP contribution >= 0.6 is 0 Å². The maximum absolute atomic E-state index is 11.7. The van der Waals surface area contributed by atoms with E-state index in [1.54, 1.807) is 6.20 Å². The third-order valence-electron chi connectivity index (χ3n) is 7.00. The Morgan fingerprint density at radius 1 is 0.842 bits per heavy atom. The lowest BCUT2D eigenvalue weighted by Crippen LogP contribution is -2.40. The number of benzene rings is 3. The Morgan fingerprint density at radius 3 is 1.87 bits per heavy atom. The van der Waals surface area contributed by atoms with Gasteiger partial charge in [-0.25, -0.2) is 14.5 Å². The molecule has 6 rings (SSSR count). The number of carbonyl (C=O) groups excluding carboxylic acids is 1. The number of nitrogens with zero attached hydrogens (tertiary/aromatic N) is 4. The number of morpholine rings is 1. The predicted molar refractivity (Wildman–Crippen MR) is 148 cm³/mol. The quantitative estimate of drug-likeness (QED) is 0.330. The van der Waals surface area contributed by atoms with Crippen molar-refractivity contribution >= 4 is 28.6 Å². The van der Waals surface area contributed by atoms with E-state index in [4.69, 9.17) is 15.6 Å². The molecule has 38 heavy (non-hydrogen) atoms. The number of rotatable bonds is 6. The van der Waals surface area contributed by atoms with Crippen molar-refractivity contribution in [2.75, 3.05) is 36.5 Å². The molecule has 1 saturated heterocycles. The van der Waals surface area contributed by atoms with Crippen LogP contribution in [0.15, 0.2) is 103 Å². The minimum atomic E-state index is -0.822. The van der Waals surface area contributed by atoms with Crippen molar-refractivity contribution in [3.63, 3.8) is 0 Å². The number of nitrogens with one attached hydrogen (secondary N) is 1. The number of nitrogens with two attached hydrogens (primary N) is 1. The first-order valence-corrected chi connectivity index (χ1v) is 12.6. The Hall–Kier alpha value is -4.69. The van der Waals surface area contributed by atoms with E-state index in [9.17, 15) is 4.79 Å². The second-order valence-electron chi connectivity index (χ2n) is 9.22. The first kappa shape index (κ1) is 23.7. The van der Waals surface area contributed by atoms with Crippen LogP contribution in [0.3, 0.4) is 0 Å². The minimum Gasteiger partial charge on any atom is -0.378 e. The van der Waals surface area contributed by atoms with E-state index in [1.165, 1.54) is 0 Å². The summed E-state index contributed by atoms with van der Waals surface area (Å²) in [4.78, 5) is 18.5. The van der Waals surface area contributed by atoms with Crippen LogP contribution in [0.1, 0.15) is 16.7 Å². The van der Waals surface area contributed by atoms with Crippen LogP contribution in [0, 0.1) is 0 Å². The van der Waals surface area contributed by atoms with Gasteiger partial charge in [0.15, 0.2) is 5.82 Å². The Morgan fingerprint density at radius 2 is 1.37 bits per heavy atom.